The third kappa shape index (κ3) is 7.57. The number of likely N-dealkylation sites (tertiary alicyclic amines) is 1. The SMILES string of the molecule is CCn1cc(CNC[C@H](O)[C@H](Cc2ccccc2)NC(=O)c2cc(C)cc(C(=O)N3CCC[C@@H]3c3nc(C)co3)c2)cn1. The highest BCUT2D eigenvalue weighted by Crippen LogP contribution is 2.33. The molecule has 2 aromatic carbocycles. The van der Waals surface area contributed by atoms with Crippen molar-refractivity contribution in [2.24, 2.45) is 0 Å². The molecule has 4 aromatic rings. The second-order valence-corrected chi connectivity index (χ2v) is 11.2. The van der Waals surface area contributed by atoms with Crippen molar-refractivity contribution < 1.29 is 19.1 Å². The molecule has 0 radical (unpaired) electrons. The summed E-state index contributed by atoms with van der Waals surface area (Å²) in [6.07, 6.45) is 6.59. The molecule has 1 aliphatic heterocycles. The molecule has 10 nitrogen and oxygen atoms in total. The van der Waals surface area contributed by atoms with Gasteiger partial charge in [0.05, 0.1) is 24.0 Å². The van der Waals surface area contributed by atoms with Gasteiger partial charge in [-0.15, -0.1) is 0 Å². The molecular formula is C33H40N6O4. The molecule has 0 spiro atoms. The first-order valence-electron chi connectivity index (χ1n) is 14.9. The molecule has 2 aromatic heterocycles. The van der Waals surface area contributed by atoms with Crippen molar-refractivity contribution in [1.29, 1.82) is 0 Å². The Morgan fingerprint density at radius 2 is 1.91 bits per heavy atom. The minimum atomic E-state index is -0.856. The molecule has 0 unspecified atom stereocenters. The summed E-state index contributed by atoms with van der Waals surface area (Å²) in [6, 6.07) is 14.2. The predicted molar refractivity (Wildman–Crippen MR) is 162 cm³/mol. The molecule has 43 heavy (non-hydrogen) atoms. The predicted octanol–water partition coefficient (Wildman–Crippen LogP) is 3.98. The number of amides is 2. The largest absolute Gasteiger partial charge is 0.446 e. The molecule has 3 N–H and O–H groups in total. The second kappa shape index (κ2) is 13.8. The summed E-state index contributed by atoms with van der Waals surface area (Å²) >= 11 is 0. The van der Waals surface area contributed by atoms with Crippen molar-refractivity contribution in [3.05, 3.63) is 107 Å². The van der Waals surface area contributed by atoms with Crippen LogP contribution in [0.1, 0.15) is 74.8 Å². The van der Waals surface area contributed by atoms with Crippen LogP contribution in [-0.2, 0) is 19.5 Å². The zero-order chi connectivity index (χ0) is 30.3. The Balaban J connectivity index is 1.29. The number of hydrogen-bond donors (Lipinski definition) is 3. The summed E-state index contributed by atoms with van der Waals surface area (Å²) in [7, 11) is 0. The van der Waals surface area contributed by atoms with Gasteiger partial charge < -0.3 is 25.1 Å². The van der Waals surface area contributed by atoms with Gasteiger partial charge in [0.15, 0.2) is 0 Å². The summed E-state index contributed by atoms with van der Waals surface area (Å²) in [6.45, 7) is 7.98. The number of benzene rings is 2. The average molecular weight is 585 g/mol. The van der Waals surface area contributed by atoms with E-state index in [-0.39, 0.29) is 24.4 Å². The standard InChI is InChI=1S/C33H40N6O4/c1-4-38-20-25(18-35-38)17-34-19-30(40)28(15-24-9-6-5-7-10-24)37-31(41)26-13-22(2)14-27(16-26)33(42)39-12-8-11-29(39)32-36-23(3)21-43-32/h5-7,9-10,13-14,16,18,20-21,28-30,34,40H,4,8,11-12,15,17,19H2,1-3H3,(H,37,41)/t28-,29+,30-/m0/s1. The lowest BCUT2D eigenvalue weighted by Gasteiger charge is -2.25. The van der Waals surface area contributed by atoms with Gasteiger partial charge in [-0.3, -0.25) is 14.3 Å². The van der Waals surface area contributed by atoms with Crippen LogP contribution in [0.15, 0.2) is 71.6 Å². The van der Waals surface area contributed by atoms with E-state index in [1.165, 1.54) is 0 Å². The molecule has 0 bridgehead atoms. The summed E-state index contributed by atoms with van der Waals surface area (Å²) in [4.78, 5) is 33.5. The van der Waals surface area contributed by atoms with Crippen LogP contribution < -0.4 is 10.6 Å². The highest BCUT2D eigenvalue weighted by molar-refractivity contribution is 6.00. The van der Waals surface area contributed by atoms with E-state index < -0.39 is 12.1 Å². The van der Waals surface area contributed by atoms with Crippen molar-refractivity contribution in [1.82, 2.24) is 30.3 Å². The van der Waals surface area contributed by atoms with Gasteiger partial charge in [0.1, 0.15) is 12.3 Å². The zero-order valence-electron chi connectivity index (χ0n) is 25.0. The maximum Gasteiger partial charge on any atom is 0.254 e. The maximum absolute atomic E-state index is 13.7. The number of oxazole rings is 1. The van der Waals surface area contributed by atoms with Crippen LogP contribution in [0.25, 0.3) is 0 Å². The summed E-state index contributed by atoms with van der Waals surface area (Å²) in [5, 5.41) is 21.8. The molecule has 0 saturated carbocycles. The molecule has 0 aliphatic carbocycles. The van der Waals surface area contributed by atoms with E-state index in [9.17, 15) is 14.7 Å². The third-order valence-corrected chi connectivity index (χ3v) is 7.79. The lowest BCUT2D eigenvalue weighted by atomic mass is 9.99. The van der Waals surface area contributed by atoms with E-state index in [4.69, 9.17) is 4.42 Å². The van der Waals surface area contributed by atoms with Gasteiger partial charge in [0, 0.05) is 49.1 Å². The topological polar surface area (TPSA) is 126 Å². The van der Waals surface area contributed by atoms with Gasteiger partial charge in [0.2, 0.25) is 5.89 Å². The number of carbonyl (C=O) groups excluding carboxylic acids is 2. The van der Waals surface area contributed by atoms with Crippen LogP contribution in [0.3, 0.4) is 0 Å². The first-order chi connectivity index (χ1) is 20.8. The van der Waals surface area contributed by atoms with Gasteiger partial charge in [-0.1, -0.05) is 30.3 Å². The van der Waals surface area contributed by atoms with Crippen LogP contribution in [0.2, 0.25) is 0 Å². The van der Waals surface area contributed by atoms with Crippen molar-refractivity contribution in [2.75, 3.05) is 13.1 Å². The van der Waals surface area contributed by atoms with Crippen LogP contribution >= 0.6 is 0 Å². The molecular weight excluding hydrogens is 544 g/mol. The number of nitrogens with one attached hydrogen (secondary N) is 2. The minimum absolute atomic E-state index is 0.160. The van der Waals surface area contributed by atoms with Crippen molar-refractivity contribution in [2.45, 2.75) is 71.3 Å². The average Bonchev–Trinajstić information content (AvgIpc) is 3.77. The fourth-order valence-corrected chi connectivity index (χ4v) is 5.58. The highest BCUT2D eigenvalue weighted by atomic mass is 16.3. The first kappa shape index (κ1) is 30.2. The summed E-state index contributed by atoms with van der Waals surface area (Å²) in [5.41, 5.74) is 4.41. The van der Waals surface area contributed by atoms with E-state index in [0.717, 1.165) is 41.8 Å². The van der Waals surface area contributed by atoms with Crippen LogP contribution in [-0.4, -0.2) is 61.8 Å². The number of aliphatic hydroxyl groups is 1. The third-order valence-electron chi connectivity index (χ3n) is 7.79. The molecule has 1 saturated heterocycles. The maximum atomic E-state index is 13.7. The van der Waals surface area contributed by atoms with E-state index in [1.54, 1.807) is 35.6 Å². The number of aromatic nitrogens is 3. The Hall–Kier alpha value is -4.28. The second-order valence-electron chi connectivity index (χ2n) is 11.2. The van der Waals surface area contributed by atoms with Crippen LogP contribution in [0, 0.1) is 13.8 Å². The van der Waals surface area contributed by atoms with Gasteiger partial charge in [-0.25, -0.2) is 4.98 Å². The summed E-state index contributed by atoms with van der Waals surface area (Å²) in [5.74, 6) is 0.0373. The molecule has 3 heterocycles. The van der Waals surface area contributed by atoms with Gasteiger partial charge in [-0.05, 0) is 69.4 Å². The van der Waals surface area contributed by atoms with E-state index in [1.807, 2.05) is 62.0 Å². The Labute approximate surface area is 252 Å². The van der Waals surface area contributed by atoms with Crippen molar-refractivity contribution >= 4 is 11.8 Å². The monoisotopic (exact) mass is 584 g/mol. The molecule has 226 valence electrons. The fraction of sp³-hybridized carbons (Fsp3) is 0.394. The Bertz CT molecular complexity index is 1530. The molecule has 5 rings (SSSR count). The smallest absolute Gasteiger partial charge is 0.254 e. The molecule has 1 aliphatic rings. The van der Waals surface area contributed by atoms with Gasteiger partial charge in [-0.2, -0.15) is 5.10 Å². The number of aryl methyl sites for hydroxylation is 3. The number of hydrogen-bond acceptors (Lipinski definition) is 7. The highest BCUT2D eigenvalue weighted by Gasteiger charge is 2.34. The van der Waals surface area contributed by atoms with E-state index >= 15 is 0 Å². The van der Waals surface area contributed by atoms with E-state index in [2.05, 4.69) is 20.7 Å². The number of aliphatic hydroxyl groups excluding tert-OH is 1. The minimum Gasteiger partial charge on any atom is -0.446 e. The first-order valence-corrected chi connectivity index (χ1v) is 14.9. The van der Waals surface area contributed by atoms with Crippen LogP contribution in [0.4, 0.5) is 0 Å². The number of rotatable bonds is 12. The van der Waals surface area contributed by atoms with E-state index in [0.29, 0.717) is 36.5 Å². The quantitative estimate of drug-likeness (QED) is 0.230. The number of nitrogens with zero attached hydrogens (tertiary/aromatic N) is 4. The van der Waals surface area contributed by atoms with Crippen molar-refractivity contribution in [3.63, 3.8) is 0 Å². The Morgan fingerprint density at radius 3 is 2.63 bits per heavy atom. The molecule has 2 amide bonds. The van der Waals surface area contributed by atoms with Gasteiger partial charge in [0.25, 0.3) is 11.8 Å². The van der Waals surface area contributed by atoms with Crippen molar-refractivity contribution in [3.8, 4) is 0 Å². The van der Waals surface area contributed by atoms with Gasteiger partial charge >= 0.3 is 0 Å². The normalized spacial score (nSPS) is 16.3. The Kier molecular flexibility index (Phi) is 9.68. The number of carbonyl (C=O) groups is 2. The summed E-state index contributed by atoms with van der Waals surface area (Å²) < 4.78 is 7.47. The van der Waals surface area contributed by atoms with Crippen LogP contribution in [0.5, 0.6) is 0 Å². The molecule has 1 fully saturated rings. The Morgan fingerprint density at radius 1 is 1.12 bits per heavy atom. The fourth-order valence-electron chi connectivity index (χ4n) is 5.58. The lowest BCUT2D eigenvalue weighted by molar-refractivity contribution is 0.0715. The lowest BCUT2D eigenvalue weighted by Crippen LogP contribution is -2.48. The molecule has 10 heteroatoms. The molecule has 3 atom stereocenters. The zero-order valence-corrected chi connectivity index (χ0v) is 25.0.